The van der Waals surface area contributed by atoms with Gasteiger partial charge in [-0.1, -0.05) is 6.58 Å². The zero-order valence-corrected chi connectivity index (χ0v) is 13.0. The third kappa shape index (κ3) is 7.79. The predicted molar refractivity (Wildman–Crippen MR) is 44.8 cm³/mol. The summed E-state index contributed by atoms with van der Waals surface area (Å²) in [5.74, 6) is -1.71. The molecule has 0 aromatic carbocycles. The van der Waals surface area contributed by atoms with E-state index in [2.05, 4.69) is 11.3 Å². The summed E-state index contributed by atoms with van der Waals surface area (Å²) >= 11 is 0. The molecule has 4 nitrogen and oxygen atoms in total. The first-order chi connectivity index (χ1) is 5.49. The molecule has 0 saturated heterocycles. The maximum absolute atomic E-state index is 10.7. The van der Waals surface area contributed by atoms with Crippen LogP contribution in [0.25, 0.3) is 0 Å². The van der Waals surface area contributed by atoms with Crippen LogP contribution in [0.2, 0.25) is 0 Å². The van der Waals surface area contributed by atoms with Crippen LogP contribution in [0.3, 0.4) is 0 Å². The fourth-order valence-electron chi connectivity index (χ4n) is 0.513. The molecule has 0 aromatic heterocycles. The van der Waals surface area contributed by atoms with Crippen LogP contribution in [-0.4, -0.2) is 24.2 Å². The fraction of sp³-hybridized carbons (Fsp3) is 0.250. The van der Waals surface area contributed by atoms with Gasteiger partial charge in [-0.15, -0.1) is 0 Å². The second kappa shape index (κ2) is 9.96. The van der Waals surface area contributed by atoms with Crippen molar-refractivity contribution >= 4 is 11.9 Å². The van der Waals surface area contributed by atoms with E-state index in [4.69, 9.17) is 5.11 Å². The standard InChI is InChI=1S/C8H10O4.2Na.2H/c1-5(7(9)10)4-6(2)8(11)12-3;;;;/h4H,2H2,1,3H3,(H,9,10);;;;/q;2*+1;2*-1. The number of aliphatic carboxylic acids is 1. The number of carbonyl (C=O) groups excluding carboxylic acids is 1. The summed E-state index contributed by atoms with van der Waals surface area (Å²) in [7, 11) is 1.21. The summed E-state index contributed by atoms with van der Waals surface area (Å²) in [5.41, 5.74) is 0.0720. The zero-order valence-electron chi connectivity index (χ0n) is 11.0. The van der Waals surface area contributed by atoms with E-state index in [1.807, 2.05) is 0 Å². The molecule has 0 amide bonds. The summed E-state index contributed by atoms with van der Waals surface area (Å²) in [6.45, 7) is 4.71. The molecular weight excluding hydrogens is 206 g/mol. The average Bonchev–Trinajstić information content (AvgIpc) is 2.02. The largest absolute Gasteiger partial charge is 1.00 e. The molecule has 1 N–H and O–H groups in total. The minimum absolute atomic E-state index is 0. The molecular formula is C8H12Na2O4. The molecule has 0 aliphatic heterocycles. The molecule has 0 fully saturated rings. The minimum Gasteiger partial charge on any atom is -1.00 e. The summed E-state index contributed by atoms with van der Waals surface area (Å²) in [6, 6.07) is 0. The van der Waals surface area contributed by atoms with Crippen molar-refractivity contribution in [2.45, 2.75) is 6.92 Å². The summed E-state index contributed by atoms with van der Waals surface area (Å²) in [6.07, 6.45) is 1.16. The topological polar surface area (TPSA) is 63.6 Å². The molecule has 0 aliphatic rings. The molecule has 6 heteroatoms. The van der Waals surface area contributed by atoms with Gasteiger partial charge in [0, 0.05) is 5.57 Å². The number of carboxylic acid groups (broad SMARTS) is 1. The van der Waals surface area contributed by atoms with E-state index in [0.717, 1.165) is 6.08 Å². The number of carboxylic acids is 1. The number of hydrogen-bond donors (Lipinski definition) is 1. The van der Waals surface area contributed by atoms with Gasteiger partial charge < -0.3 is 12.7 Å². The van der Waals surface area contributed by atoms with E-state index < -0.39 is 11.9 Å². The molecule has 0 spiro atoms. The number of esters is 1. The smallest absolute Gasteiger partial charge is 1.00 e. The van der Waals surface area contributed by atoms with Crippen LogP contribution in [0.5, 0.6) is 0 Å². The van der Waals surface area contributed by atoms with Crippen molar-refractivity contribution in [1.82, 2.24) is 0 Å². The van der Waals surface area contributed by atoms with Crippen LogP contribution in [0.1, 0.15) is 9.78 Å². The van der Waals surface area contributed by atoms with Crippen molar-refractivity contribution < 1.29 is 81.4 Å². The Balaban J connectivity index is -0.000000101. The Hall–Kier alpha value is 0.420. The van der Waals surface area contributed by atoms with Gasteiger partial charge in [-0.25, -0.2) is 9.59 Å². The number of hydrogen-bond acceptors (Lipinski definition) is 3. The summed E-state index contributed by atoms with van der Waals surface area (Å²) in [4.78, 5) is 21.0. The second-order valence-electron chi connectivity index (χ2n) is 2.15. The van der Waals surface area contributed by atoms with Gasteiger partial charge in [-0.05, 0) is 13.0 Å². The maximum Gasteiger partial charge on any atom is 1.00 e. The van der Waals surface area contributed by atoms with Gasteiger partial charge in [0.2, 0.25) is 0 Å². The third-order valence-corrected chi connectivity index (χ3v) is 1.18. The Morgan fingerprint density at radius 2 is 1.86 bits per heavy atom. The number of ether oxygens (including phenoxy) is 1. The number of rotatable bonds is 3. The van der Waals surface area contributed by atoms with Gasteiger partial charge in [0.25, 0.3) is 0 Å². The number of methoxy groups -OCH3 is 1. The first kappa shape index (κ1) is 19.9. The maximum atomic E-state index is 10.7. The first-order valence-corrected chi connectivity index (χ1v) is 3.18. The van der Waals surface area contributed by atoms with E-state index in [9.17, 15) is 9.59 Å². The molecule has 0 atom stereocenters. The Bertz CT molecular complexity index is 267. The van der Waals surface area contributed by atoms with Gasteiger partial charge in [0.15, 0.2) is 0 Å². The Labute approximate surface area is 130 Å². The third-order valence-electron chi connectivity index (χ3n) is 1.18. The molecule has 0 bridgehead atoms. The second-order valence-corrected chi connectivity index (χ2v) is 2.15. The molecule has 0 heterocycles. The van der Waals surface area contributed by atoms with Crippen molar-refractivity contribution in [3.05, 3.63) is 23.8 Å². The minimum atomic E-state index is -1.08. The van der Waals surface area contributed by atoms with E-state index in [1.54, 1.807) is 0 Å². The molecule has 70 valence electrons. The van der Waals surface area contributed by atoms with Gasteiger partial charge >= 0.3 is 71.1 Å². The molecule has 0 unspecified atom stereocenters. The van der Waals surface area contributed by atoms with Crippen molar-refractivity contribution in [3.63, 3.8) is 0 Å². The Kier molecular flexibility index (Phi) is 14.2. The van der Waals surface area contributed by atoms with Crippen molar-refractivity contribution in [2.75, 3.05) is 7.11 Å². The Morgan fingerprint density at radius 1 is 1.43 bits per heavy atom. The normalized spacial score (nSPS) is 9.14. The van der Waals surface area contributed by atoms with E-state index in [1.165, 1.54) is 14.0 Å². The SMILES string of the molecule is C=C(C=C(C)C(=O)O)C(=O)OC.[H-].[H-].[Na+].[Na+]. The van der Waals surface area contributed by atoms with Crippen molar-refractivity contribution in [1.29, 1.82) is 0 Å². The average molecular weight is 218 g/mol. The van der Waals surface area contributed by atoms with E-state index in [-0.39, 0.29) is 73.1 Å². The van der Waals surface area contributed by atoms with Crippen LogP contribution >= 0.6 is 0 Å². The van der Waals surface area contributed by atoms with Crippen LogP contribution in [0, 0.1) is 0 Å². The first-order valence-electron chi connectivity index (χ1n) is 3.18. The zero-order chi connectivity index (χ0) is 9.72. The van der Waals surface area contributed by atoms with Crippen LogP contribution in [0.4, 0.5) is 0 Å². The Morgan fingerprint density at radius 3 is 2.14 bits per heavy atom. The van der Waals surface area contributed by atoms with Crippen molar-refractivity contribution in [3.8, 4) is 0 Å². The fourth-order valence-corrected chi connectivity index (χ4v) is 0.513. The van der Waals surface area contributed by atoms with Gasteiger partial charge in [-0.2, -0.15) is 0 Å². The molecule has 0 radical (unpaired) electrons. The summed E-state index contributed by atoms with van der Waals surface area (Å²) < 4.78 is 4.32. The molecule has 14 heavy (non-hydrogen) atoms. The van der Waals surface area contributed by atoms with Crippen LogP contribution in [-0.2, 0) is 14.3 Å². The van der Waals surface area contributed by atoms with Gasteiger partial charge in [0.1, 0.15) is 0 Å². The molecule has 0 saturated carbocycles. The van der Waals surface area contributed by atoms with Crippen molar-refractivity contribution in [2.24, 2.45) is 0 Å². The predicted octanol–water partition coefficient (Wildman–Crippen LogP) is -5.02. The molecule has 0 aromatic rings. The van der Waals surface area contributed by atoms with Crippen LogP contribution in [0.15, 0.2) is 23.8 Å². The molecule has 0 aliphatic carbocycles. The van der Waals surface area contributed by atoms with Crippen LogP contribution < -0.4 is 59.1 Å². The van der Waals surface area contributed by atoms with E-state index in [0.29, 0.717) is 0 Å². The molecule has 0 rings (SSSR count). The quantitative estimate of drug-likeness (QED) is 0.223. The number of carbonyl (C=O) groups is 2. The summed E-state index contributed by atoms with van der Waals surface area (Å²) in [5, 5.41) is 8.42. The monoisotopic (exact) mass is 218 g/mol. The van der Waals surface area contributed by atoms with E-state index >= 15 is 0 Å². The van der Waals surface area contributed by atoms with Gasteiger partial charge in [-0.3, -0.25) is 0 Å². The van der Waals surface area contributed by atoms with Gasteiger partial charge in [0.05, 0.1) is 12.7 Å².